The molecule has 0 atom stereocenters. The van der Waals surface area contributed by atoms with Crippen molar-refractivity contribution >= 4 is 33.5 Å². The number of anilines is 1. The summed E-state index contributed by atoms with van der Waals surface area (Å²) >= 11 is 3.21. The zero-order chi connectivity index (χ0) is 11.4. The van der Waals surface area contributed by atoms with Crippen LogP contribution in [0.4, 0.5) is 5.69 Å². The van der Waals surface area contributed by atoms with E-state index < -0.39 is 5.97 Å². The Bertz CT molecular complexity index is 387. The van der Waals surface area contributed by atoms with E-state index in [1.54, 1.807) is 13.1 Å². The molecule has 0 spiro atoms. The highest BCUT2D eigenvalue weighted by Gasteiger charge is 2.18. The molecule has 0 radical (unpaired) electrons. The van der Waals surface area contributed by atoms with Gasteiger partial charge < -0.3 is 15.0 Å². The number of esters is 1. The van der Waals surface area contributed by atoms with Crippen molar-refractivity contribution < 1.29 is 14.3 Å². The summed E-state index contributed by atoms with van der Waals surface area (Å²) in [7, 11) is 0. The lowest BCUT2D eigenvalue weighted by Crippen LogP contribution is -2.12. The predicted molar refractivity (Wildman–Crippen MR) is 58.8 cm³/mol. The molecule has 0 aliphatic carbocycles. The van der Waals surface area contributed by atoms with Gasteiger partial charge in [-0.2, -0.15) is 0 Å². The van der Waals surface area contributed by atoms with Crippen LogP contribution < -0.4 is 5.32 Å². The lowest BCUT2D eigenvalue weighted by atomic mass is 10.3. The van der Waals surface area contributed by atoms with Gasteiger partial charge in [0.2, 0.25) is 5.91 Å². The van der Waals surface area contributed by atoms with Crippen LogP contribution in [0.5, 0.6) is 0 Å². The first-order valence-corrected chi connectivity index (χ1v) is 5.17. The van der Waals surface area contributed by atoms with E-state index in [9.17, 15) is 9.59 Å². The van der Waals surface area contributed by atoms with E-state index in [0.29, 0.717) is 10.2 Å². The largest absolute Gasteiger partial charge is 0.461 e. The third-order valence-electron chi connectivity index (χ3n) is 1.61. The van der Waals surface area contributed by atoms with Crippen LogP contribution >= 0.6 is 15.9 Å². The van der Waals surface area contributed by atoms with Gasteiger partial charge in [0.05, 0.1) is 16.8 Å². The molecule has 82 valence electrons. The van der Waals surface area contributed by atoms with Crippen molar-refractivity contribution in [2.24, 2.45) is 0 Å². The molecule has 0 aromatic carbocycles. The normalized spacial score (nSPS) is 9.80. The van der Waals surface area contributed by atoms with Crippen LogP contribution in [0.1, 0.15) is 24.3 Å². The minimum atomic E-state index is -0.494. The summed E-state index contributed by atoms with van der Waals surface area (Å²) in [6.45, 7) is 3.37. The van der Waals surface area contributed by atoms with Gasteiger partial charge in [-0.15, -0.1) is 0 Å². The molecule has 2 N–H and O–H groups in total. The number of amides is 1. The first kappa shape index (κ1) is 11.8. The van der Waals surface area contributed by atoms with E-state index >= 15 is 0 Å². The second kappa shape index (κ2) is 4.97. The number of halogens is 1. The Labute approximate surface area is 95.3 Å². The Kier molecular flexibility index (Phi) is 3.90. The zero-order valence-corrected chi connectivity index (χ0v) is 9.97. The Morgan fingerprint density at radius 3 is 2.80 bits per heavy atom. The number of ether oxygens (including phenoxy) is 1. The van der Waals surface area contributed by atoms with Gasteiger partial charge in [0.25, 0.3) is 0 Å². The molecule has 1 heterocycles. The average molecular weight is 275 g/mol. The Morgan fingerprint density at radius 1 is 1.60 bits per heavy atom. The number of rotatable bonds is 3. The van der Waals surface area contributed by atoms with Crippen LogP contribution in [0.15, 0.2) is 10.7 Å². The Balaban J connectivity index is 2.97. The minimum absolute atomic E-state index is 0.235. The SMILES string of the molecule is CCOC(=O)c1[nH]cc(Br)c1NC(C)=O. The lowest BCUT2D eigenvalue weighted by molar-refractivity contribution is -0.114. The topological polar surface area (TPSA) is 71.2 Å². The molecule has 0 bridgehead atoms. The molecule has 0 fully saturated rings. The number of aromatic amines is 1. The standard InChI is InChI=1S/C9H11BrN2O3/c1-3-15-9(14)8-7(12-5(2)13)6(10)4-11-8/h4,11H,3H2,1-2H3,(H,12,13). The van der Waals surface area contributed by atoms with Gasteiger partial charge >= 0.3 is 5.97 Å². The summed E-state index contributed by atoms with van der Waals surface area (Å²) in [6.07, 6.45) is 1.57. The Hall–Kier alpha value is -1.30. The van der Waals surface area contributed by atoms with Crippen LogP contribution in [0, 0.1) is 0 Å². The van der Waals surface area contributed by atoms with E-state index in [-0.39, 0.29) is 18.2 Å². The second-order valence-electron chi connectivity index (χ2n) is 2.79. The van der Waals surface area contributed by atoms with Crippen molar-refractivity contribution in [3.8, 4) is 0 Å². The molecular weight excluding hydrogens is 264 g/mol. The molecule has 1 aromatic heterocycles. The summed E-state index contributed by atoms with van der Waals surface area (Å²) in [6, 6.07) is 0. The van der Waals surface area contributed by atoms with E-state index in [4.69, 9.17) is 4.74 Å². The van der Waals surface area contributed by atoms with Crippen molar-refractivity contribution in [3.05, 3.63) is 16.4 Å². The fraction of sp³-hybridized carbons (Fsp3) is 0.333. The molecular formula is C9H11BrN2O3. The van der Waals surface area contributed by atoms with E-state index in [0.717, 1.165) is 0 Å². The summed E-state index contributed by atoms with van der Waals surface area (Å²) < 4.78 is 5.43. The first-order valence-electron chi connectivity index (χ1n) is 4.37. The summed E-state index contributed by atoms with van der Waals surface area (Å²) in [5, 5.41) is 2.54. The molecule has 1 rings (SSSR count). The molecule has 0 aliphatic rings. The quantitative estimate of drug-likeness (QED) is 0.828. The summed E-state index contributed by atoms with van der Waals surface area (Å²) in [5.74, 6) is -0.743. The third kappa shape index (κ3) is 2.82. The maximum atomic E-state index is 11.4. The van der Waals surface area contributed by atoms with Crippen LogP contribution in [0.25, 0.3) is 0 Å². The number of aromatic nitrogens is 1. The molecule has 15 heavy (non-hydrogen) atoms. The van der Waals surface area contributed by atoms with Crippen molar-refractivity contribution in [1.82, 2.24) is 4.98 Å². The van der Waals surface area contributed by atoms with Gasteiger partial charge in [0.15, 0.2) is 0 Å². The fourth-order valence-electron chi connectivity index (χ4n) is 1.06. The number of hydrogen-bond donors (Lipinski definition) is 2. The van der Waals surface area contributed by atoms with Crippen molar-refractivity contribution in [3.63, 3.8) is 0 Å². The highest BCUT2D eigenvalue weighted by Crippen LogP contribution is 2.26. The van der Waals surface area contributed by atoms with Crippen LogP contribution in [-0.2, 0) is 9.53 Å². The first-order chi connectivity index (χ1) is 7.06. The summed E-state index contributed by atoms with van der Waals surface area (Å²) in [5.41, 5.74) is 0.639. The fourth-order valence-corrected chi connectivity index (χ4v) is 1.47. The zero-order valence-electron chi connectivity index (χ0n) is 8.39. The molecule has 0 saturated heterocycles. The van der Waals surface area contributed by atoms with Crippen molar-refractivity contribution in [1.29, 1.82) is 0 Å². The number of H-pyrrole nitrogens is 1. The molecule has 1 aromatic rings. The maximum Gasteiger partial charge on any atom is 0.356 e. The molecule has 0 saturated carbocycles. The number of nitrogens with one attached hydrogen (secondary N) is 2. The molecule has 0 aliphatic heterocycles. The number of carbonyl (C=O) groups excluding carboxylic acids is 2. The molecule has 0 unspecified atom stereocenters. The highest BCUT2D eigenvalue weighted by molar-refractivity contribution is 9.10. The van der Waals surface area contributed by atoms with Crippen LogP contribution in [0.2, 0.25) is 0 Å². The molecule has 5 nitrogen and oxygen atoms in total. The third-order valence-corrected chi connectivity index (χ3v) is 2.24. The Morgan fingerprint density at radius 2 is 2.27 bits per heavy atom. The lowest BCUT2D eigenvalue weighted by Gasteiger charge is -2.04. The van der Waals surface area contributed by atoms with Gasteiger partial charge in [-0.3, -0.25) is 4.79 Å². The molecule has 6 heteroatoms. The van der Waals surface area contributed by atoms with Crippen molar-refractivity contribution in [2.45, 2.75) is 13.8 Å². The van der Waals surface area contributed by atoms with E-state index in [2.05, 4.69) is 26.2 Å². The second-order valence-corrected chi connectivity index (χ2v) is 3.64. The van der Waals surface area contributed by atoms with Gasteiger partial charge in [-0.1, -0.05) is 0 Å². The van der Waals surface area contributed by atoms with Crippen LogP contribution in [0.3, 0.4) is 0 Å². The maximum absolute atomic E-state index is 11.4. The monoisotopic (exact) mass is 274 g/mol. The van der Waals surface area contributed by atoms with Gasteiger partial charge in [0.1, 0.15) is 5.69 Å². The van der Waals surface area contributed by atoms with Gasteiger partial charge in [0, 0.05) is 13.1 Å². The average Bonchev–Trinajstić information content (AvgIpc) is 2.48. The minimum Gasteiger partial charge on any atom is -0.461 e. The van der Waals surface area contributed by atoms with E-state index in [1.807, 2.05) is 0 Å². The van der Waals surface area contributed by atoms with Crippen LogP contribution in [-0.4, -0.2) is 23.5 Å². The molecule has 1 amide bonds. The summed E-state index contributed by atoms with van der Waals surface area (Å²) in [4.78, 5) is 25.1. The van der Waals surface area contributed by atoms with Crippen molar-refractivity contribution in [2.75, 3.05) is 11.9 Å². The number of carbonyl (C=O) groups is 2. The highest BCUT2D eigenvalue weighted by atomic mass is 79.9. The van der Waals surface area contributed by atoms with Gasteiger partial charge in [-0.25, -0.2) is 4.79 Å². The van der Waals surface area contributed by atoms with Gasteiger partial charge in [-0.05, 0) is 22.9 Å². The smallest absolute Gasteiger partial charge is 0.356 e. The number of hydrogen-bond acceptors (Lipinski definition) is 3. The van der Waals surface area contributed by atoms with E-state index in [1.165, 1.54) is 6.92 Å². The predicted octanol–water partition coefficient (Wildman–Crippen LogP) is 1.91.